The highest BCUT2D eigenvalue weighted by Crippen LogP contribution is 2.65. The van der Waals surface area contributed by atoms with Crippen molar-refractivity contribution >= 4 is 17.5 Å². The fourth-order valence-electron chi connectivity index (χ4n) is 4.91. The molecule has 1 aromatic rings. The fourth-order valence-corrected chi connectivity index (χ4v) is 4.91. The van der Waals surface area contributed by atoms with Gasteiger partial charge in [-0.1, -0.05) is 12.2 Å². The predicted molar refractivity (Wildman–Crippen MR) is 81.4 cm³/mol. The number of hydrogen-bond acceptors (Lipinski definition) is 3. The number of imide groups is 1. The lowest BCUT2D eigenvalue weighted by molar-refractivity contribution is -0.139. The van der Waals surface area contributed by atoms with Gasteiger partial charge in [-0.05, 0) is 54.4 Å². The minimum atomic E-state index is -0.309. The van der Waals surface area contributed by atoms with Crippen LogP contribution in [0.1, 0.15) is 6.42 Å². The van der Waals surface area contributed by atoms with Crippen molar-refractivity contribution in [1.29, 1.82) is 0 Å². The molecule has 0 aromatic heterocycles. The van der Waals surface area contributed by atoms with Crippen molar-refractivity contribution in [3.05, 3.63) is 42.2 Å². The van der Waals surface area contributed by atoms with Gasteiger partial charge in [-0.25, -0.2) is 4.39 Å². The molecule has 6 rings (SSSR count). The lowest BCUT2D eigenvalue weighted by Crippen LogP contribution is -2.40. The Labute approximate surface area is 133 Å². The number of likely N-dealkylation sites (tertiary alicyclic amines) is 1. The van der Waals surface area contributed by atoms with Crippen molar-refractivity contribution in [2.75, 3.05) is 12.0 Å². The topological polar surface area (TPSA) is 49.4 Å². The van der Waals surface area contributed by atoms with Crippen LogP contribution in [0.2, 0.25) is 0 Å². The average Bonchev–Trinajstić information content (AvgIpc) is 3.33. The first-order chi connectivity index (χ1) is 11.1. The second-order valence-corrected chi connectivity index (χ2v) is 7.10. The predicted octanol–water partition coefficient (Wildman–Crippen LogP) is 2.25. The van der Waals surface area contributed by atoms with Crippen LogP contribution in [0.3, 0.4) is 0 Å². The quantitative estimate of drug-likeness (QED) is 0.688. The second kappa shape index (κ2) is 4.43. The molecule has 4 aliphatic carbocycles. The molecule has 4 nitrogen and oxygen atoms in total. The van der Waals surface area contributed by atoms with E-state index in [2.05, 4.69) is 17.5 Å². The summed E-state index contributed by atoms with van der Waals surface area (Å²) in [6.45, 7) is 0.158. The van der Waals surface area contributed by atoms with Gasteiger partial charge >= 0.3 is 0 Å². The molecule has 0 unspecified atom stereocenters. The van der Waals surface area contributed by atoms with Crippen LogP contribution in [-0.2, 0) is 9.59 Å². The number of hydrogen-bond donors (Lipinski definition) is 1. The molecule has 1 heterocycles. The van der Waals surface area contributed by atoms with Crippen molar-refractivity contribution < 1.29 is 14.0 Å². The third kappa shape index (κ3) is 1.76. The minimum absolute atomic E-state index is 0.0423. The maximum absolute atomic E-state index is 12.9. The summed E-state index contributed by atoms with van der Waals surface area (Å²) in [5.41, 5.74) is 0.700. The first kappa shape index (κ1) is 13.3. The van der Waals surface area contributed by atoms with E-state index < -0.39 is 0 Å². The highest BCUT2D eigenvalue weighted by molar-refractivity contribution is 6.06. The highest BCUT2D eigenvalue weighted by Gasteiger charge is 2.66. The first-order valence-electron chi connectivity index (χ1n) is 8.18. The molecule has 1 saturated heterocycles. The largest absolute Gasteiger partial charge is 0.367 e. The monoisotopic (exact) mass is 312 g/mol. The van der Waals surface area contributed by atoms with Gasteiger partial charge in [0.25, 0.3) is 0 Å². The molecule has 0 radical (unpaired) electrons. The van der Waals surface area contributed by atoms with Crippen LogP contribution < -0.4 is 5.32 Å². The summed E-state index contributed by atoms with van der Waals surface area (Å²) in [6, 6.07) is 5.92. The third-order valence-corrected chi connectivity index (χ3v) is 6.04. The van der Waals surface area contributed by atoms with Crippen molar-refractivity contribution in [1.82, 2.24) is 4.90 Å². The lowest BCUT2D eigenvalue weighted by atomic mass is 9.63. The van der Waals surface area contributed by atoms with E-state index in [4.69, 9.17) is 0 Å². The highest BCUT2D eigenvalue weighted by atomic mass is 19.1. The number of carbonyl (C=O) groups is 2. The van der Waals surface area contributed by atoms with E-state index in [-0.39, 0.29) is 48.0 Å². The molecule has 23 heavy (non-hydrogen) atoms. The Kier molecular flexibility index (Phi) is 2.56. The van der Waals surface area contributed by atoms with Crippen molar-refractivity contribution in [2.45, 2.75) is 6.42 Å². The summed E-state index contributed by atoms with van der Waals surface area (Å²) in [6.07, 6.45) is 5.51. The van der Waals surface area contributed by atoms with Gasteiger partial charge < -0.3 is 5.32 Å². The number of allylic oxidation sites excluding steroid dienone is 2. The number of benzene rings is 1. The van der Waals surface area contributed by atoms with Crippen LogP contribution in [-0.4, -0.2) is 23.4 Å². The number of carbonyl (C=O) groups excluding carboxylic acids is 2. The summed E-state index contributed by atoms with van der Waals surface area (Å²) in [5.74, 6) is 1.04. The third-order valence-electron chi connectivity index (χ3n) is 6.04. The van der Waals surface area contributed by atoms with E-state index in [1.165, 1.54) is 23.5 Å². The average molecular weight is 312 g/mol. The normalized spacial score (nSPS) is 39.4. The van der Waals surface area contributed by atoms with Crippen LogP contribution in [0.25, 0.3) is 0 Å². The van der Waals surface area contributed by atoms with Gasteiger partial charge in [0.05, 0.1) is 18.5 Å². The number of anilines is 1. The summed E-state index contributed by atoms with van der Waals surface area (Å²) >= 11 is 0. The summed E-state index contributed by atoms with van der Waals surface area (Å²) in [7, 11) is 0. The maximum Gasteiger partial charge on any atom is 0.235 e. The van der Waals surface area contributed by atoms with Gasteiger partial charge in [0.1, 0.15) is 5.82 Å². The number of rotatable bonds is 3. The van der Waals surface area contributed by atoms with Gasteiger partial charge in [-0.2, -0.15) is 0 Å². The zero-order chi connectivity index (χ0) is 15.7. The Hall–Kier alpha value is -2.17. The Bertz CT molecular complexity index is 693. The zero-order valence-corrected chi connectivity index (χ0v) is 12.5. The molecular formula is C18H17FN2O2. The van der Waals surface area contributed by atoms with Crippen LogP contribution in [0, 0.1) is 41.3 Å². The number of halogens is 1. The standard InChI is InChI=1S/C18H17FN2O2/c19-9-1-3-10(4-2-9)20-8-21-17(22)15-11-5-6-12(14-7-13(11)14)16(15)18(21)23/h1-6,11-16,20H,7-8H2/t11-,12-,13-,14-,15-,16+/m1/s1. The van der Waals surface area contributed by atoms with E-state index in [0.717, 1.165) is 0 Å². The van der Waals surface area contributed by atoms with Gasteiger partial charge in [-0.3, -0.25) is 14.5 Å². The number of amides is 2. The van der Waals surface area contributed by atoms with E-state index in [1.54, 1.807) is 12.1 Å². The maximum atomic E-state index is 12.9. The molecule has 118 valence electrons. The first-order valence-corrected chi connectivity index (χ1v) is 8.18. The molecule has 2 amide bonds. The minimum Gasteiger partial charge on any atom is -0.367 e. The Morgan fingerprint density at radius 1 is 1.00 bits per heavy atom. The van der Waals surface area contributed by atoms with Crippen molar-refractivity contribution in [2.24, 2.45) is 35.5 Å². The molecule has 2 bridgehead atoms. The van der Waals surface area contributed by atoms with Crippen LogP contribution in [0.4, 0.5) is 10.1 Å². The van der Waals surface area contributed by atoms with E-state index >= 15 is 0 Å². The SMILES string of the molecule is O=C1[C@@H]2[C@@H]3C=C[C@H]([C@H]4C[C@H]34)[C@@H]2C(=O)N1CNc1ccc(F)cc1. The molecule has 1 aliphatic heterocycles. The molecular weight excluding hydrogens is 295 g/mol. The van der Waals surface area contributed by atoms with Crippen LogP contribution in [0.5, 0.6) is 0 Å². The van der Waals surface area contributed by atoms with Crippen molar-refractivity contribution in [3.63, 3.8) is 0 Å². The van der Waals surface area contributed by atoms with Crippen LogP contribution in [0.15, 0.2) is 36.4 Å². The molecule has 5 heteroatoms. The second-order valence-electron chi connectivity index (χ2n) is 7.10. The Balaban J connectivity index is 1.36. The fraction of sp³-hybridized carbons (Fsp3) is 0.444. The molecule has 0 spiro atoms. The van der Waals surface area contributed by atoms with E-state index in [0.29, 0.717) is 17.5 Å². The van der Waals surface area contributed by atoms with Gasteiger partial charge in [0.2, 0.25) is 11.8 Å². The lowest BCUT2D eigenvalue weighted by Gasteiger charge is -2.37. The number of nitrogens with zero attached hydrogens (tertiary/aromatic N) is 1. The molecule has 2 saturated carbocycles. The van der Waals surface area contributed by atoms with Gasteiger partial charge in [0.15, 0.2) is 0 Å². The Morgan fingerprint density at radius 2 is 1.57 bits per heavy atom. The molecule has 1 N–H and O–H groups in total. The zero-order valence-electron chi connectivity index (χ0n) is 12.5. The van der Waals surface area contributed by atoms with Crippen LogP contribution >= 0.6 is 0 Å². The summed E-state index contributed by atoms with van der Waals surface area (Å²) in [5, 5.41) is 3.05. The molecule has 1 aromatic carbocycles. The van der Waals surface area contributed by atoms with E-state index in [1.807, 2.05) is 0 Å². The smallest absolute Gasteiger partial charge is 0.235 e. The summed E-state index contributed by atoms with van der Waals surface area (Å²) < 4.78 is 12.9. The molecule has 3 fully saturated rings. The van der Waals surface area contributed by atoms with Crippen molar-refractivity contribution in [3.8, 4) is 0 Å². The number of nitrogens with one attached hydrogen (secondary N) is 1. The van der Waals surface area contributed by atoms with Gasteiger partial charge in [-0.15, -0.1) is 0 Å². The summed E-state index contributed by atoms with van der Waals surface area (Å²) in [4.78, 5) is 26.9. The molecule has 5 aliphatic rings. The van der Waals surface area contributed by atoms with E-state index in [9.17, 15) is 14.0 Å². The Morgan fingerprint density at radius 3 is 2.13 bits per heavy atom. The molecule has 6 atom stereocenters. The van der Waals surface area contributed by atoms with Gasteiger partial charge in [0, 0.05) is 5.69 Å².